The third-order valence-corrected chi connectivity index (χ3v) is 4.43. The Hall–Kier alpha value is -2.21. The highest BCUT2D eigenvalue weighted by Gasteiger charge is 2.41. The van der Waals surface area contributed by atoms with Crippen molar-refractivity contribution in [3.05, 3.63) is 41.3 Å². The van der Waals surface area contributed by atoms with Crippen LogP contribution in [0.25, 0.3) is 5.57 Å². The van der Waals surface area contributed by atoms with Gasteiger partial charge in [0.15, 0.2) is 0 Å². The predicted molar refractivity (Wildman–Crippen MR) is 87.3 cm³/mol. The van der Waals surface area contributed by atoms with E-state index in [-0.39, 0.29) is 17.6 Å². The fourth-order valence-corrected chi connectivity index (χ4v) is 3.24. The normalized spacial score (nSPS) is 18.2. The molecule has 0 radical (unpaired) electrons. The Morgan fingerprint density at radius 1 is 1.08 bits per heavy atom. The number of rotatable bonds is 6. The first kappa shape index (κ1) is 16.6. The fourth-order valence-electron chi connectivity index (χ4n) is 3.24. The molecule has 2 aliphatic rings. The molecule has 128 valence electrons. The van der Waals surface area contributed by atoms with Gasteiger partial charge in [-0.3, -0.25) is 14.5 Å². The van der Waals surface area contributed by atoms with Gasteiger partial charge in [-0.05, 0) is 37.0 Å². The summed E-state index contributed by atoms with van der Waals surface area (Å²) in [5, 5.41) is 0. The average Bonchev–Trinajstić information content (AvgIpc) is 3.17. The molecule has 24 heavy (non-hydrogen) atoms. The van der Waals surface area contributed by atoms with Gasteiger partial charge in [-0.15, -0.1) is 0 Å². The lowest BCUT2D eigenvalue weighted by Gasteiger charge is -2.20. The first-order chi connectivity index (χ1) is 11.6. The third kappa shape index (κ3) is 3.06. The highest BCUT2D eigenvalue weighted by molar-refractivity contribution is 6.35. The smallest absolute Gasteiger partial charge is 0.277 e. The van der Waals surface area contributed by atoms with Crippen molar-refractivity contribution in [1.29, 1.82) is 0 Å². The maximum Gasteiger partial charge on any atom is 0.277 e. The van der Waals surface area contributed by atoms with Gasteiger partial charge in [-0.25, -0.2) is 4.39 Å². The Bertz CT molecular complexity index is 663. The average molecular weight is 332 g/mol. The minimum Gasteiger partial charge on any atom is -0.385 e. The molecule has 2 amide bonds. The molecule has 3 rings (SSSR count). The zero-order valence-electron chi connectivity index (χ0n) is 13.8. The Kier molecular flexibility index (Phi) is 4.94. The number of hydrogen-bond donors (Lipinski definition) is 0. The largest absolute Gasteiger partial charge is 0.385 e. The predicted octanol–water partition coefficient (Wildman–Crippen LogP) is 2.04. The summed E-state index contributed by atoms with van der Waals surface area (Å²) in [5.41, 5.74) is 1.44. The van der Waals surface area contributed by atoms with Gasteiger partial charge in [-0.2, -0.15) is 0 Å². The summed E-state index contributed by atoms with van der Waals surface area (Å²) in [7, 11) is 1.59. The minimum atomic E-state index is -0.365. The van der Waals surface area contributed by atoms with Gasteiger partial charge in [0.05, 0.1) is 5.57 Å². The van der Waals surface area contributed by atoms with Crippen LogP contribution < -0.4 is 0 Å². The van der Waals surface area contributed by atoms with E-state index in [0.717, 1.165) is 25.9 Å². The van der Waals surface area contributed by atoms with E-state index in [2.05, 4.69) is 0 Å². The van der Waals surface area contributed by atoms with Crippen molar-refractivity contribution in [2.75, 3.05) is 33.4 Å². The fraction of sp³-hybridized carbons (Fsp3) is 0.444. The van der Waals surface area contributed by atoms with Gasteiger partial charge in [-0.1, -0.05) is 12.1 Å². The molecular formula is C18H21FN2O3. The molecule has 2 aliphatic heterocycles. The van der Waals surface area contributed by atoms with E-state index < -0.39 is 0 Å². The SMILES string of the molecule is COCCCN1C(=O)C(c2ccc(F)cc2)=C(N2CCCC2)C1=O. The van der Waals surface area contributed by atoms with E-state index in [9.17, 15) is 14.0 Å². The molecule has 0 aromatic heterocycles. The second-order valence-electron chi connectivity index (χ2n) is 6.03. The summed E-state index contributed by atoms with van der Waals surface area (Å²) in [6, 6.07) is 5.75. The summed E-state index contributed by atoms with van der Waals surface area (Å²) in [6.45, 7) is 2.35. The second-order valence-corrected chi connectivity index (χ2v) is 6.03. The van der Waals surface area contributed by atoms with Crippen LogP contribution in [-0.2, 0) is 14.3 Å². The number of carbonyl (C=O) groups excluding carboxylic acids is 2. The van der Waals surface area contributed by atoms with Gasteiger partial charge < -0.3 is 9.64 Å². The van der Waals surface area contributed by atoms with E-state index in [1.165, 1.54) is 17.0 Å². The van der Waals surface area contributed by atoms with Gasteiger partial charge in [0.25, 0.3) is 11.8 Å². The summed E-state index contributed by atoms with van der Waals surface area (Å²) in [5.74, 6) is -0.919. The standard InChI is InChI=1S/C18H21FN2O3/c1-24-12-4-11-21-17(22)15(13-5-7-14(19)8-6-13)16(18(21)23)20-9-2-3-10-20/h5-8H,2-4,9-12H2,1H3. The van der Waals surface area contributed by atoms with Gasteiger partial charge in [0, 0.05) is 33.4 Å². The van der Waals surface area contributed by atoms with E-state index in [1.807, 2.05) is 4.90 Å². The number of likely N-dealkylation sites (tertiary alicyclic amines) is 1. The maximum absolute atomic E-state index is 13.2. The summed E-state index contributed by atoms with van der Waals surface area (Å²) in [4.78, 5) is 29.0. The number of benzene rings is 1. The van der Waals surface area contributed by atoms with Crippen LogP contribution in [0.3, 0.4) is 0 Å². The van der Waals surface area contributed by atoms with E-state index in [4.69, 9.17) is 4.74 Å². The van der Waals surface area contributed by atoms with Crippen molar-refractivity contribution in [3.63, 3.8) is 0 Å². The lowest BCUT2D eigenvalue weighted by molar-refractivity contribution is -0.137. The highest BCUT2D eigenvalue weighted by atomic mass is 19.1. The molecule has 1 fully saturated rings. The van der Waals surface area contributed by atoms with Crippen molar-refractivity contribution >= 4 is 17.4 Å². The molecule has 0 spiro atoms. The Morgan fingerprint density at radius 2 is 1.75 bits per heavy atom. The lowest BCUT2D eigenvalue weighted by atomic mass is 10.0. The summed E-state index contributed by atoms with van der Waals surface area (Å²) >= 11 is 0. The van der Waals surface area contributed by atoms with Crippen molar-refractivity contribution in [2.24, 2.45) is 0 Å². The Labute approximate surface area is 140 Å². The van der Waals surface area contributed by atoms with E-state index in [0.29, 0.717) is 36.4 Å². The lowest BCUT2D eigenvalue weighted by Crippen LogP contribution is -2.35. The molecule has 1 aromatic rings. The second kappa shape index (κ2) is 7.13. The molecular weight excluding hydrogens is 311 g/mol. The highest BCUT2D eigenvalue weighted by Crippen LogP contribution is 2.33. The minimum absolute atomic E-state index is 0.252. The molecule has 2 heterocycles. The van der Waals surface area contributed by atoms with Crippen molar-refractivity contribution in [2.45, 2.75) is 19.3 Å². The van der Waals surface area contributed by atoms with Crippen molar-refractivity contribution in [1.82, 2.24) is 9.80 Å². The molecule has 0 bridgehead atoms. The van der Waals surface area contributed by atoms with E-state index in [1.54, 1.807) is 19.2 Å². The number of hydrogen-bond acceptors (Lipinski definition) is 4. The summed E-state index contributed by atoms with van der Waals surface area (Å²) in [6.07, 6.45) is 2.61. The van der Waals surface area contributed by atoms with Crippen LogP contribution in [0.5, 0.6) is 0 Å². The molecule has 6 heteroatoms. The first-order valence-electron chi connectivity index (χ1n) is 8.24. The number of carbonyl (C=O) groups is 2. The maximum atomic E-state index is 13.2. The van der Waals surface area contributed by atoms with Gasteiger partial charge in [0.2, 0.25) is 0 Å². The van der Waals surface area contributed by atoms with Gasteiger partial charge in [0.1, 0.15) is 11.5 Å². The Balaban J connectivity index is 1.96. The third-order valence-electron chi connectivity index (χ3n) is 4.43. The Morgan fingerprint density at radius 3 is 2.38 bits per heavy atom. The van der Waals surface area contributed by atoms with Crippen molar-refractivity contribution in [3.8, 4) is 0 Å². The topological polar surface area (TPSA) is 49.9 Å². The molecule has 0 aliphatic carbocycles. The molecule has 5 nitrogen and oxygen atoms in total. The van der Waals surface area contributed by atoms with Crippen LogP contribution >= 0.6 is 0 Å². The number of amides is 2. The van der Waals surface area contributed by atoms with Crippen LogP contribution in [0.15, 0.2) is 30.0 Å². The summed E-state index contributed by atoms with van der Waals surface area (Å²) < 4.78 is 18.2. The van der Waals surface area contributed by atoms with Crippen LogP contribution in [0.4, 0.5) is 4.39 Å². The zero-order chi connectivity index (χ0) is 17.1. The van der Waals surface area contributed by atoms with Crippen molar-refractivity contribution < 1.29 is 18.7 Å². The van der Waals surface area contributed by atoms with E-state index >= 15 is 0 Å². The van der Waals surface area contributed by atoms with Gasteiger partial charge >= 0.3 is 0 Å². The van der Waals surface area contributed by atoms with Crippen LogP contribution in [0, 0.1) is 5.82 Å². The van der Waals surface area contributed by atoms with Crippen LogP contribution in [-0.4, -0.2) is 55.0 Å². The number of ether oxygens (including phenoxy) is 1. The first-order valence-corrected chi connectivity index (χ1v) is 8.24. The zero-order valence-corrected chi connectivity index (χ0v) is 13.8. The molecule has 0 N–H and O–H groups in total. The number of nitrogens with zero attached hydrogens (tertiary/aromatic N) is 2. The molecule has 1 saturated heterocycles. The number of methoxy groups -OCH3 is 1. The monoisotopic (exact) mass is 332 g/mol. The number of imide groups is 1. The molecule has 1 aromatic carbocycles. The van der Waals surface area contributed by atoms with Crippen LogP contribution in [0.2, 0.25) is 0 Å². The molecule has 0 atom stereocenters. The molecule has 0 saturated carbocycles. The van der Waals surface area contributed by atoms with Crippen LogP contribution in [0.1, 0.15) is 24.8 Å². The quantitative estimate of drug-likeness (QED) is 0.591. The molecule has 0 unspecified atom stereocenters. The number of halogens is 1.